The molecule has 1 aliphatic heterocycles. The van der Waals surface area contributed by atoms with Crippen LogP contribution in [0.1, 0.15) is 48.2 Å². The van der Waals surface area contributed by atoms with Gasteiger partial charge in [0, 0.05) is 17.7 Å². The number of carboxylic acids is 1. The second kappa shape index (κ2) is 8.41. The van der Waals surface area contributed by atoms with E-state index in [-0.39, 0.29) is 16.7 Å². The second-order valence-electron chi connectivity index (χ2n) is 8.23. The molecule has 2 aromatic rings. The Morgan fingerprint density at radius 2 is 2.07 bits per heavy atom. The van der Waals surface area contributed by atoms with Crippen LogP contribution in [0.4, 0.5) is 0 Å². The normalized spacial score (nSPS) is 25.0. The number of phenolic OH excluding ortho intramolecular Hbond substituents is 1. The third-order valence-corrected chi connectivity index (χ3v) is 6.74. The molecule has 2 unspecified atom stereocenters. The summed E-state index contributed by atoms with van der Waals surface area (Å²) in [6.45, 7) is 8.03. The molecular weight excluding hydrogens is 368 g/mol. The van der Waals surface area contributed by atoms with E-state index in [4.69, 9.17) is 9.84 Å². The first-order chi connectivity index (χ1) is 13.7. The number of rotatable bonds is 6. The number of phenols is 1. The maximum Gasteiger partial charge on any atom is 0.337 e. The molecule has 0 radical (unpaired) electrons. The van der Waals surface area contributed by atoms with Gasteiger partial charge in [0.05, 0.1) is 18.4 Å². The van der Waals surface area contributed by atoms with Crippen molar-refractivity contribution in [3.63, 3.8) is 0 Å². The van der Waals surface area contributed by atoms with Crippen LogP contribution in [0, 0.1) is 12.8 Å². The summed E-state index contributed by atoms with van der Waals surface area (Å²) in [6, 6.07) is 7.50. The zero-order valence-corrected chi connectivity index (χ0v) is 17.6. The van der Waals surface area contributed by atoms with Gasteiger partial charge in [-0.2, -0.15) is 0 Å². The smallest absolute Gasteiger partial charge is 0.337 e. The number of pyridine rings is 1. The molecule has 3 rings (SSSR count). The number of likely N-dealkylation sites (tertiary alicyclic amines) is 1. The second-order valence-corrected chi connectivity index (χ2v) is 8.23. The minimum absolute atomic E-state index is 0.113. The van der Waals surface area contributed by atoms with Crippen LogP contribution < -0.4 is 4.74 Å². The fourth-order valence-electron chi connectivity index (χ4n) is 4.63. The van der Waals surface area contributed by atoms with Gasteiger partial charge in [-0.3, -0.25) is 4.98 Å². The number of carbonyl (C=O) groups is 1. The number of aromatic carboxylic acids is 1. The van der Waals surface area contributed by atoms with Crippen molar-refractivity contribution in [2.24, 2.45) is 5.92 Å². The highest BCUT2D eigenvalue weighted by molar-refractivity contribution is 5.87. The lowest BCUT2D eigenvalue weighted by Gasteiger charge is -2.51. The summed E-state index contributed by atoms with van der Waals surface area (Å²) in [5.41, 5.74) is 2.32. The van der Waals surface area contributed by atoms with E-state index in [0.29, 0.717) is 24.3 Å². The highest BCUT2D eigenvalue weighted by Gasteiger charge is 2.45. The number of hydrogen-bond acceptors (Lipinski definition) is 5. The summed E-state index contributed by atoms with van der Waals surface area (Å²) in [4.78, 5) is 17.5. The lowest BCUT2D eigenvalue weighted by Crippen LogP contribution is -2.53. The minimum atomic E-state index is -1.02. The molecule has 156 valence electrons. The van der Waals surface area contributed by atoms with Gasteiger partial charge in [0.2, 0.25) is 0 Å². The average Bonchev–Trinajstić information content (AvgIpc) is 2.70. The Kier molecular flexibility index (Phi) is 6.13. The van der Waals surface area contributed by atoms with Crippen LogP contribution in [0.25, 0.3) is 0 Å². The van der Waals surface area contributed by atoms with E-state index in [1.54, 1.807) is 12.3 Å². The number of hydrogen-bond donors (Lipinski definition) is 2. The third kappa shape index (κ3) is 4.22. The Labute approximate surface area is 172 Å². The Morgan fingerprint density at radius 3 is 2.79 bits per heavy atom. The monoisotopic (exact) mass is 398 g/mol. The molecular formula is C23H30N2O4. The molecule has 1 aromatic carbocycles. The molecule has 1 aromatic heterocycles. The van der Waals surface area contributed by atoms with Gasteiger partial charge in [0.15, 0.2) is 0 Å². The summed E-state index contributed by atoms with van der Waals surface area (Å²) in [5, 5.41) is 19.3. The molecule has 1 fully saturated rings. The number of nitrogens with zero attached hydrogens (tertiary/aromatic N) is 2. The van der Waals surface area contributed by atoms with E-state index in [1.165, 1.54) is 23.4 Å². The lowest BCUT2D eigenvalue weighted by molar-refractivity contribution is 0.0491. The maximum absolute atomic E-state index is 11.2. The molecule has 0 bridgehead atoms. The van der Waals surface area contributed by atoms with E-state index in [0.717, 1.165) is 19.4 Å². The predicted molar refractivity (Wildman–Crippen MR) is 112 cm³/mol. The molecule has 6 heteroatoms. The quantitative estimate of drug-likeness (QED) is 0.769. The Bertz CT molecular complexity index is 885. The van der Waals surface area contributed by atoms with Crippen molar-refractivity contribution in [1.29, 1.82) is 0 Å². The van der Waals surface area contributed by atoms with Gasteiger partial charge in [0.25, 0.3) is 0 Å². The Morgan fingerprint density at radius 1 is 1.31 bits per heavy atom. The van der Waals surface area contributed by atoms with Gasteiger partial charge in [0.1, 0.15) is 11.5 Å². The SMILES string of the molecule is Cc1ccc(O)cc1C1(CCOc2cncc(C(=O)O)c2)CCN(C)C(C)[C@@H]1C. The Hall–Kier alpha value is -2.60. The van der Waals surface area contributed by atoms with Crippen LogP contribution in [0.5, 0.6) is 11.5 Å². The standard InChI is InChI=1S/C23H30N2O4/c1-15-5-6-19(26)12-21(15)23(7-9-25(4)17(3)16(23)2)8-10-29-20-11-18(22(27)28)13-24-14-20/h5-6,11-14,16-17,26H,7-10H2,1-4H3,(H,27,28)/t16-,17?,23?/m0/s1. The van der Waals surface area contributed by atoms with Crippen molar-refractivity contribution in [3.8, 4) is 11.5 Å². The van der Waals surface area contributed by atoms with Crippen LogP contribution in [-0.4, -0.2) is 52.3 Å². The summed E-state index contributed by atoms with van der Waals surface area (Å²) in [6.07, 6.45) is 4.59. The Balaban J connectivity index is 1.88. The van der Waals surface area contributed by atoms with Gasteiger partial charge < -0.3 is 19.8 Å². The topological polar surface area (TPSA) is 82.9 Å². The number of aromatic nitrogens is 1. The number of ether oxygens (including phenoxy) is 1. The van der Waals surface area contributed by atoms with E-state index >= 15 is 0 Å². The summed E-state index contributed by atoms with van der Waals surface area (Å²) < 4.78 is 5.92. The molecule has 0 amide bonds. The molecule has 29 heavy (non-hydrogen) atoms. The minimum Gasteiger partial charge on any atom is -0.508 e. The zero-order chi connectivity index (χ0) is 21.2. The van der Waals surface area contributed by atoms with E-state index < -0.39 is 5.97 Å². The maximum atomic E-state index is 11.2. The largest absolute Gasteiger partial charge is 0.508 e. The highest BCUT2D eigenvalue weighted by Crippen LogP contribution is 2.46. The molecule has 0 saturated carbocycles. The van der Waals surface area contributed by atoms with E-state index in [1.807, 2.05) is 12.1 Å². The molecule has 3 atom stereocenters. The predicted octanol–water partition coefficient (Wildman–Crippen LogP) is 3.86. The van der Waals surface area contributed by atoms with Crippen molar-refractivity contribution >= 4 is 5.97 Å². The number of piperidine rings is 1. The van der Waals surface area contributed by atoms with Gasteiger partial charge in [-0.25, -0.2) is 4.79 Å². The van der Waals surface area contributed by atoms with Crippen LogP contribution >= 0.6 is 0 Å². The van der Waals surface area contributed by atoms with E-state index in [9.17, 15) is 9.90 Å². The van der Waals surface area contributed by atoms with Crippen LogP contribution in [0.3, 0.4) is 0 Å². The fourth-order valence-corrected chi connectivity index (χ4v) is 4.63. The summed E-state index contributed by atoms with van der Waals surface area (Å²) in [7, 11) is 2.15. The molecule has 2 N–H and O–H groups in total. The molecule has 1 aliphatic rings. The lowest BCUT2D eigenvalue weighted by atomic mass is 9.61. The van der Waals surface area contributed by atoms with Gasteiger partial charge in [-0.05, 0) is 75.5 Å². The molecule has 0 spiro atoms. The first-order valence-electron chi connectivity index (χ1n) is 10.1. The van der Waals surface area contributed by atoms with Gasteiger partial charge in [-0.15, -0.1) is 0 Å². The van der Waals surface area contributed by atoms with Crippen molar-refractivity contribution in [1.82, 2.24) is 9.88 Å². The van der Waals surface area contributed by atoms with Crippen molar-refractivity contribution in [2.75, 3.05) is 20.2 Å². The van der Waals surface area contributed by atoms with Gasteiger partial charge >= 0.3 is 5.97 Å². The van der Waals surface area contributed by atoms with Crippen LogP contribution in [0.2, 0.25) is 0 Å². The summed E-state index contributed by atoms with van der Waals surface area (Å²) >= 11 is 0. The highest BCUT2D eigenvalue weighted by atomic mass is 16.5. The fraction of sp³-hybridized carbons (Fsp3) is 0.478. The number of benzene rings is 1. The van der Waals surface area contributed by atoms with Crippen molar-refractivity contribution < 1.29 is 19.7 Å². The molecule has 2 heterocycles. The van der Waals surface area contributed by atoms with Crippen molar-refractivity contribution in [2.45, 2.75) is 45.1 Å². The third-order valence-electron chi connectivity index (χ3n) is 6.74. The first kappa shape index (κ1) is 21.1. The van der Waals surface area contributed by atoms with Crippen LogP contribution in [-0.2, 0) is 5.41 Å². The van der Waals surface area contributed by atoms with Crippen molar-refractivity contribution in [3.05, 3.63) is 53.3 Å². The number of aromatic hydroxyl groups is 1. The molecule has 1 saturated heterocycles. The summed E-state index contributed by atoms with van der Waals surface area (Å²) in [5.74, 6) is 0.0748. The molecule has 6 nitrogen and oxygen atoms in total. The van der Waals surface area contributed by atoms with Gasteiger partial charge in [-0.1, -0.05) is 13.0 Å². The molecule has 0 aliphatic carbocycles. The van der Waals surface area contributed by atoms with Crippen LogP contribution in [0.15, 0.2) is 36.7 Å². The average molecular weight is 399 g/mol. The first-order valence-corrected chi connectivity index (χ1v) is 10.1. The van der Waals surface area contributed by atoms with E-state index in [2.05, 4.69) is 37.7 Å². The zero-order valence-electron chi connectivity index (χ0n) is 17.6. The number of carboxylic acid groups (broad SMARTS) is 1. The number of aryl methyl sites for hydroxylation is 1.